The van der Waals surface area contributed by atoms with Crippen molar-refractivity contribution in [3.05, 3.63) is 215 Å². The van der Waals surface area contributed by atoms with Crippen LogP contribution in [0.25, 0.3) is 64.6 Å². The number of rotatable bonds is 6. The number of aryl methyl sites for hydroxylation is 6. The van der Waals surface area contributed by atoms with Crippen LogP contribution in [0.5, 0.6) is 0 Å². The second-order valence-corrected chi connectivity index (χ2v) is 17.4. The summed E-state index contributed by atoms with van der Waals surface area (Å²) < 4.78 is 0. The highest BCUT2D eigenvalue weighted by Gasteiger charge is 2.22. The second-order valence-electron chi connectivity index (χ2n) is 17.4. The standard InChI is InChI=1S/C60H48N2/c1-37-27-38(2)30-47(29-37)61(59-33-43-15-7-9-17-51(43)53-19-11-13-21-55(53)59)45-23-25-49-42(6)58-36-46(24-26-50(58)41(5)57(49)35-45)62(48-31-39(3)28-40(4)32-48)60-34-44-16-8-10-18-52(44)54-20-12-14-22-56(54)60/h7-36H,1-6H3. The molecule has 0 aliphatic heterocycles. The van der Waals surface area contributed by atoms with E-state index >= 15 is 0 Å². The molecule has 0 heterocycles. The first kappa shape index (κ1) is 37.6. The summed E-state index contributed by atoms with van der Waals surface area (Å²) in [6, 6.07) is 68.0. The van der Waals surface area contributed by atoms with E-state index < -0.39 is 0 Å². The van der Waals surface area contributed by atoms with Crippen molar-refractivity contribution in [2.24, 2.45) is 0 Å². The van der Waals surface area contributed by atoms with Crippen LogP contribution < -0.4 is 9.80 Å². The van der Waals surface area contributed by atoms with Crippen LogP contribution in [-0.2, 0) is 0 Å². The first-order valence-electron chi connectivity index (χ1n) is 21.7. The maximum Gasteiger partial charge on any atom is 0.0546 e. The molecule has 0 aliphatic carbocycles. The molecule has 0 unspecified atom stereocenters. The maximum absolute atomic E-state index is 2.48. The highest BCUT2D eigenvalue weighted by atomic mass is 15.1. The Kier molecular flexibility index (Phi) is 8.87. The minimum absolute atomic E-state index is 1.14. The molecule has 0 fully saturated rings. The number of hydrogen-bond donors (Lipinski definition) is 0. The Balaban J connectivity index is 1.13. The summed E-state index contributed by atoms with van der Waals surface area (Å²) in [6.45, 7) is 13.4. The summed E-state index contributed by atoms with van der Waals surface area (Å²) in [7, 11) is 0. The number of fused-ring (bicyclic) bond motifs is 8. The van der Waals surface area contributed by atoms with Gasteiger partial charge >= 0.3 is 0 Å². The molecule has 0 aromatic heterocycles. The van der Waals surface area contributed by atoms with E-state index in [1.165, 1.54) is 109 Å². The first-order valence-corrected chi connectivity index (χ1v) is 21.7. The predicted octanol–water partition coefficient (Wildman–Crippen LogP) is 17.4. The molecule has 11 aromatic rings. The van der Waals surface area contributed by atoms with Crippen LogP contribution in [0.15, 0.2) is 182 Å². The molecule has 0 bridgehead atoms. The Morgan fingerprint density at radius 3 is 0.968 bits per heavy atom. The van der Waals surface area contributed by atoms with E-state index in [4.69, 9.17) is 0 Å². The van der Waals surface area contributed by atoms with Gasteiger partial charge in [0.15, 0.2) is 0 Å². The zero-order valence-corrected chi connectivity index (χ0v) is 36.2. The minimum Gasteiger partial charge on any atom is -0.310 e. The second kappa shape index (κ2) is 14.6. The number of benzene rings is 11. The van der Waals surface area contributed by atoms with Gasteiger partial charge in [0, 0.05) is 33.5 Å². The summed E-state index contributed by atoms with van der Waals surface area (Å²) >= 11 is 0. The Morgan fingerprint density at radius 2 is 0.581 bits per heavy atom. The molecule has 2 heteroatoms. The molecule has 0 spiro atoms. The maximum atomic E-state index is 2.48. The van der Waals surface area contributed by atoms with Gasteiger partial charge in [-0.05, 0) is 189 Å². The topological polar surface area (TPSA) is 6.48 Å². The van der Waals surface area contributed by atoms with Gasteiger partial charge in [-0.2, -0.15) is 0 Å². The van der Waals surface area contributed by atoms with Gasteiger partial charge in [0.2, 0.25) is 0 Å². The Hall–Kier alpha value is -7.42. The van der Waals surface area contributed by atoms with Crippen LogP contribution in [0.2, 0.25) is 0 Å². The largest absolute Gasteiger partial charge is 0.310 e. The Morgan fingerprint density at radius 1 is 0.242 bits per heavy atom. The van der Waals surface area contributed by atoms with Crippen molar-refractivity contribution in [2.45, 2.75) is 41.5 Å². The van der Waals surface area contributed by atoms with Crippen molar-refractivity contribution in [3.63, 3.8) is 0 Å². The number of anilines is 6. The van der Waals surface area contributed by atoms with Crippen LogP contribution in [0, 0.1) is 41.5 Å². The van der Waals surface area contributed by atoms with Crippen molar-refractivity contribution < 1.29 is 0 Å². The zero-order chi connectivity index (χ0) is 42.2. The van der Waals surface area contributed by atoms with Crippen LogP contribution >= 0.6 is 0 Å². The fourth-order valence-corrected chi connectivity index (χ4v) is 10.4. The molecule has 0 aliphatic rings. The van der Waals surface area contributed by atoms with Crippen molar-refractivity contribution in [3.8, 4) is 0 Å². The van der Waals surface area contributed by atoms with Crippen LogP contribution in [-0.4, -0.2) is 0 Å². The predicted molar refractivity (Wildman–Crippen MR) is 269 cm³/mol. The molecule has 298 valence electrons. The van der Waals surface area contributed by atoms with Crippen LogP contribution in [0.4, 0.5) is 34.1 Å². The molecule has 0 atom stereocenters. The van der Waals surface area contributed by atoms with E-state index in [0.29, 0.717) is 0 Å². The minimum atomic E-state index is 1.14. The van der Waals surface area contributed by atoms with Gasteiger partial charge < -0.3 is 9.80 Å². The van der Waals surface area contributed by atoms with Gasteiger partial charge in [0.05, 0.1) is 11.4 Å². The lowest BCUT2D eigenvalue weighted by Gasteiger charge is -2.29. The molecule has 11 rings (SSSR count). The molecule has 62 heavy (non-hydrogen) atoms. The van der Waals surface area contributed by atoms with Crippen molar-refractivity contribution in [1.29, 1.82) is 0 Å². The Bertz CT molecular complexity index is 3330. The third-order valence-corrected chi connectivity index (χ3v) is 13.0. The SMILES string of the molecule is Cc1cc(C)cc(N(c2ccc3c(C)c4cc(N(c5cc(C)cc(C)c5)c5cc6ccccc6c6ccccc56)ccc4c(C)c3c2)c2cc3ccccc3c3ccccc23)c1. The molecule has 0 radical (unpaired) electrons. The fourth-order valence-electron chi connectivity index (χ4n) is 10.4. The van der Waals surface area contributed by atoms with Gasteiger partial charge in [-0.3, -0.25) is 0 Å². The summed E-state index contributed by atoms with van der Waals surface area (Å²) in [5, 5.41) is 15.1. The van der Waals surface area contributed by atoms with E-state index in [1.54, 1.807) is 0 Å². The van der Waals surface area contributed by atoms with Gasteiger partial charge in [0.1, 0.15) is 0 Å². The molecular formula is C60H48N2. The van der Waals surface area contributed by atoms with Gasteiger partial charge in [-0.1, -0.05) is 121 Å². The van der Waals surface area contributed by atoms with Gasteiger partial charge in [-0.15, -0.1) is 0 Å². The Labute approximate surface area is 363 Å². The highest BCUT2D eigenvalue weighted by molar-refractivity contribution is 6.17. The lowest BCUT2D eigenvalue weighted by Crippen LogP contribution is -2.12. The van der Waals surface area contributed by atoms with Gasteiger partial charge in [0.25, 0.3) is 0 Å². The highest BCUT2D eigenvalue weighted by Crippen LogP contribution is 2.47. The third kappa shape index (κ3) is 6.17. The fraction of sp³-hybridized carbons (Fsp3) is 0.100. The van der Waals surface area contributed by atoms with Crippen LogP contribution in [0.1, 0.15) is 33.4 Å². The average molecular weight is 797 g/mol. The van der Waals surface area contributed by atoms with E-state index in [1.807, 2.05) is 0 Å². The summed E-state index contributed by atoms with van der Waals surface area (Å²) in [5.41, 5.74) is 14.5. The first-order chi connectivity index (χ1) is 30.2. The molecule has 0 amide bonds. The number of hydrogen-bond acceptors (Lipinski definition) is 2. The normalized spacial score (nSPS) is 11.7. The molecule has 2 nitrogen and oxygen atoms in total. The zero-order valence-electron chi connectivity index (χ0n) is 36.2. The molecule has 11 aromatic carbocycles. The number of nitrogens with zero attached hydrogens (tertiary/aromatic N) is 2. The average Bonchev–Trinajstić information content (AvgIpc) is 3.28. The summed E-state index contributed by atoms with van der Waals surface area (Å²) in [6.07, 6.45) is 0. The van der Waals surface area contributed by atoms with Crippen molar-refractivity contribution >= 4 is 98.8 Å². The van der Waals surface area contributed by atoms with E-state index in [0.717, 1.165) is 22.7 Å². The van der Waals surface area contributed by atoms with Gasteiger partial charge in [-0.25, -0.2) is 0 Å². The van der Waals surface area contributed by atoms with E-state index in [-0.39, 0.29) is 0 Å². The summed E-state index contributed by atoms with van der Waals surface area (Å²) in [4.78, 5) is 4.96. The summed E-state index contributed by atoms with van der Waals surface area (Å²) in [5.74, 6) is 0. The molecular weight excluding hydrogens is 749 g/mol. The molecule has 0 saturated heterocycles. The lowest BCUT2D eigenvalue weighted by molar-refractivity contribution is 1.27. The van der Waals surface area contributed by atoms with E-state index in [2.05, 4.69) is 233 Å². The monoisotopic (exact) mass is 796 g/mol. The smallest absolute Gasteiger partial charge is 0.0546 e. The third-order valence-electron chi connectivity index (χ3n) is 13.0. The van der Waals surface area contributed by atoms with Crippen molar-refractivity contribution in [2.75, 3.05) is 9.80 Å². The molecule has 0 saturated carbocycles. The van der Waals surface area contributed by atoms with E-state index in [9.17, 15) is 0 Å². The van der Waals surface area contributed by atoms with Crippen LogP contribution in [0.3, 0.4) is 0 Å². The quantitative estimate of drug-likeness (QED) is 0.122. The molecule has 0 N–H and O–H groups in total. The lowest BCUT2D eigenvalue weighted by atomic mass is 9.91. The van der Waals surface area contributed by atoms with Crippen molar-refractivity contribution in [1.82, 2.24) is 0 Å².